The first-order valence-electron chi connectivity index (χ1n) is 6.12. The quantitative estimate of drug-likeness (QED) is 0.750. The van der Waals surface area contributed by atoms with E-state index < -0.39 is 13.0 Å². The van der Waals surface area contributed by atoms with Crippen molar-refractivity contribution in [3.05, 3.63) is 11.9 Å². The van der Waals surface area contributed by atoms with Crippen LogP contribution in [0.5, 0.6) is 0 Å². The van der Waals surface area contributed by atoms with Crippen LogP contribution in [0.4, 0.5) is 14.7 Å². The number of amides is 1. The molecule has 0 saturated carbocycles. The lowest BCUT2D eigenvalue weighted by Crippen LogP contribution is -2.28. The molecule has 2 N–H and O–H groups in total. The molecule has 106 valence electrons. The van der Waals surface area contributed by atoms with Gasteiger partial charge in [-0.05, 0) is 6.42 Å². The Morgan fingerprint density at radius 3 is 3.21 bits per heavy atom. The van der Waals surface area contributed by atoms with Crippen molar-refractivity contribution in [3.63, 3.8) is 0 Å². The first-order chi connectivity index (χ1) is 9.16. The van der Waals surface area contributed by atoms with Gasteiger partial charge in [0, 0.05) is 25.8 Å². The number of anilines is 1. The van der Waals surface area contributed by atoms with Gasteiger partial charge < -0.3 is 19.9 Å². The highest BCUT2D eigenvalue weighted by atomic mass is 19.3. The number of carbonyl (C=O) groups excluding carboxylic acids is 1. The zero-order valence-electron chi connectivity index (χ0n) is 10.4. The van der Waals surface area contributed by atoms with E-state index in [9.17, 15) is 13.6 Å². The Morgan fingerprint density at radius 1 is 1.63 bits per heavy atom. The van der Waals surface area contributed by atoms with Crippen molar-refractivity contribution in [1.82, 2.24) is 14.9 Å². The third kappa shape index (κ3) is 3.88. The molecule has 0 unspecified atom stereocenters. The van der Waals surface area contributed by atoms with Crippen molar-refractivity contribution in [3.8, 4) is 0 Å². The lowest BCUT2D eigenvalue weighted by molar-refractivity contribution is 0.0188. The predicted octanol–water partition coefficient (Wildman–Crippen LogP) is 0.710. The Balaban J connectivity index is 1.75. The molecule has 0 aliphatic carbocycles. The van der Waals surface area contributed by atoms with Crippen LogP contribution >= 0.6 is 0 Å². The van der Waals surface area contributed by atoms with Gasteiger partial charge in [0.15, 0.2) is 0 Å². The molecule has 0 spiro atoms. The molecule has 8 heteroatoms. The summed E-state index contributed by atoms with van der Waals surface area (Å²) in [5.41, 5.74) is 0.318. The minimum Gasteiger partial charge on any atom is -0.374 e. The van der Waals surface area contributed by atoms with Gasteiger partial charge in [-0.3, -0.25) is 4.79 Å². The van der Waals surface area contributed by atoms with Gasteiger partial charge in [0.25, 0.3) is 12.3 Å². The van der Waals surface area contributed by atoms with Crippen LogP contribution in [-0.2, 0) is 11.3 Å². The van der Waals surface area contributed by atoms with E-state index >= 15 is 0 Å². The normalized spacial score (nSPS) is 14.1. The van der Waals surface area contributed by atoms with Crippen molar-refractivity contribution < 1.29 is 18.3 Å². The van der Waals surface area contributed by atoms with E-state index in [1.54, 1.807) is 6.20 Å². The molecule has 1 amide bonds. The molecule has 6 nitrogen and oxygen atoms in total. The summed E-state index contributed by atoms with van der Waals surface area (Å²) in [4.78, 5) is 15.9. The van der Waals surface area contributed by atoms with Gasteiger partial charge in [0.05, 0.1) is 6.61 Å². The minimum absolute atomic E-state index is 0.0574. The molecule has 1 aliphatic heterocycles. The van der Waals surface area contributed by atoms with Crippen molar-refractivity contribution >= 4 is 11.9 Å². The zero-order chi connectivity index (χ0) is 13.7. The second kappa shape index (κ2) is 6.46. The summed E-state index contributed by atoms with van der Waals surface area (Å²) < 4.78 is 30.1. The van der Waals surface area contributed by atoms with E-state index in [2.05, 4.69) is 20.4 Å². The number of nitrogens with zero attached hydrogens (tertiary/aromatic N) is 2. The van der Waals surface area contributed by atoms with Crippen LogP contribution in [0.3, 0.4) is 0 Å². The fourth-order valence-electron chi connectivity index (χ4n) is 1.79. The van der Waals surface area contributed by atoms with Crippen LogP contribution in [0.2, 0.25) is 0 Å². The van der Waals surface area contributed by atoms with Gasteiger partial charge in [-0.15, -0.1) is 0 Å². The van der Waals surface area contributed by atoms with Gasteiger partial charge in [-0.2, -0.15) is 0 Å². The van der Waals surface area contributed by atoms with E-state index in [0.717, 1.165) is 19.5 Å². The number of carbonyl (C=O) groups is 1. The average Bonchev–Trinajstić information content (AvgIpc) is 2.81. The van der Waals surface area contributed by atoms with Gasteiger partial charge >= 0.3 is 0 Å². The molecule has 0 saturated heterocycles. The molecular formula is C11H16F2N4O2. The van der Waals surface area contributed by atoms with Crippen LogP contribution in [-0.4, -0.2) is 48.2 Å². The van der Waals surface area contributed by atoms with Crippen LogP contribution in [0.1, 0.15) is 16.9 Å². The maximum absolute atomic E-state index is 11.8. The third-order valence-electron chi connectivity index (χ3n) is 2.64. The summed E-state index contributed by atoms with van der Waals surface area (Å²) >= 11 is 0. The number of hydrogen-bond donors (Lipinski definition) is 2. The van der Waals surface area contributed by atoms with Crippen LogP contribution in [0, 0.1) is 0 Å². The Kier molecular flexibility index (Phi) is 4.67. The largest absolute Gasteiger partial charge is 0.374 e. The average molecular weight is 274 g/mol. The molecule has 2 heterocycles. The summed E-state index contributed by atoms with van der Waals surface area (Å²) in [6, 6.07) is 0. The number of aryl methyl sites for hydroxylation is 1. The molecule has 0 aromatic carbocycles. The molecule has 1 aromatic rings. The smallest absolute Gasteiger partial charge is 0.271 e. The summed E-state index contributed by atoms with van der Waals surface area (Å²) in [5.74, 6) is 0.356. The molecule has 2 rings (SSSR count). The first kappa shape index (κ1) is 13.7. The van der Waals surface area contributed by atoms with Gasteiger partial charge in [0.2, 0.25) is 5.95 Å². The Morgan fingerprint density at radius 2 is 2.47 bits per heavy atom. The van der Waals surface area contributed by atoms with Gasteiger partial charge in [-0.1, -0.05) is 0 Å². The number of nitrogens with one attached hydrogen (secondary N) is 2. The minimum atomic E-state index is -2.48. The lowest BCUT2D eigenvalue weighted by Gasteiger charge is -2.14. The highest BCUT2D eigenvalue weighted by Crippen LogP contribution is 2.13. The van der Waals surface area contributed by atoms with Crippen LogP contribution in [0.15, 0.2) is 6.20 Å². The molecule has 0 atom stereocenters. The predicted molar refractivity (Wildman–Crippen MR) is 64.5 cm³/mol. The molecular weight excluding hydrogens is 258 g/mol. The van der Waals surface area contributed by atoms with Crippen molar-refractivity contribution in [1.29, 1.82) is 0 Å². The third-order valence-corrected chi connectivity index (χ3v) is 2.64. The van der Waals surface area contributed by atoms with E-state index in [1.165, 1.54) is 0 Å². The monoisotopic (exact) mass is 274 g/mol. The number of ether oxygens (including phenoxy) is 1. The SMILES string of the molecule is O=C(NCCOCC(F)F)c1cn2c(n1)NCCC2. The van der Waals surface area contributed by atoms with E-state index in [0.29, 0.717) is 11.6 Å². The topological polar surface area (TPSA) is 68.2 Å². The van der Waals surface area contributed by atoms with Crippen molar-refractivity contribution in [2.45, 2.75) is 19.4 Å². The fourth-order valence-corrected chi connectivity index (χ4v) is 1.79. The molecule has 1 aromatic heterocycles. The zero-order valence-corrected chi connectivity index (χ0v) is 10.4. The Labute approximate surface area is 109 Å². The van der Waals surface area contributed by atoms with Gasteiger partial charge in [-0.25, -0.2) is 13.8 Å². The van der Waals surface area contributed by atoms with Gasteiger partial charge in [0.1, 0.15) is 12.3 Å². The number of halogens is 2. The summed E-state index contributed by atoms with van der Waals surface area (Å²) in [6.07, 6.45) is 0.185. The molecule has 19 heavy (non-hydrogen) atoms. The highest BCUT2D eigenvalue weighted by molar-refractivity contribution is 5.92. The molecule has 0 bridgehead atoms. The van der Waals surface area contributed by atoms with E-state index in [1.807, 2.05) is 4.57 Å². The number of alkyl halides is 2. The van der Waals surface area contributed by atoms with Crippen LogP contribution < -0.4 is 10.6 Å². The summed E-state index contributed by atoms with van der Waals surface area (Å²) in [6.45, 7) is 1.31. The standard InChI is InChI=1S/C11H16F2N4O2/c12-9(13)7-19-5-3-14-10(18)8-6-17-4-1-2-15-11(17)16-8/h6,9H,1-5,7H2,(H,14,18)(H,15,16). The summed E-state index contributed by atoms with van der Waals surface area (Å²) in [5, 5.41) is 5.66. The second-order valence-electron chi connectivity index (χ2n) is 4.15. The maximum atomic E-state index is 11.8. The van der Waals surface area contributed by atoms with Crippen LogP contribution in [0.25, 0.3) is 0 Å². The number of hydrogen-bond acceptors (Lipinski definition) is 4. The van der Waals surface area contributed by atoms with E-state index in [4.69, 9.17) is 0 Å². The van der Waals surface area contributed by atoms with Crippen molar-refractivity contribution in [2.24, 2.45) is 0 Å². The molecule has 0 radical (unpaired) electrons. The number of fused-ring (bicyclic) bond motifs is 1. The fraction of sp³-hybridized carbons (Fsp3) is 0.636. The lowest BCUT2D eigenvalue weighted by atomic mass is 10.4. The number of aromatic nitrogens is 2. The molecule has 1 aliphatic rings. The number of imidazole rings is 1. The maximum Gasteiger partial charge on any atom is 0.271 e. The Bertz CT molecular complexity index is 413. The number of rotatable bonds is 6. The highest BCUT2D eigenvalue weighted by Gasteiger charge is 2.15. The molecule has 0 fully saturated rings. The summed E-state index contributed by atoms with van der Waals surface area (Å²) in [7, 11) is 0. The Hall–Kier alpha value is -1.70. The first-order valence-corrected chi connectivity index (χ1v) is 6.12. The van der Waals surface area contributed by atoms with Crippen molar-refractivity contribution in [2.75, 3.05) is 31.6 Å². The van der Waals surface area contributed by atoms with E-state index in [-0.39, 0.29) is 19.1 Å². The second-order valence-corrected chi connectivity index (χ2v) is 4.15.